The number of guanidine groups is 1. The summed E-state index contributed by atoms with van der Waals surface area (Å²) in [5, 5.41) is 6.67. The van der Waals surface area contributed by atoms with Gasteiger partial charge >= 0.3 is 0 Å². The van der Waals surface area contributed by atoms with Gasteiger partial charge in [-0.2, -0.15) is 11.8 Å². The van der Waals surface area contributed by atoms with Gasteiger partial charge in [0.05, 0.1) is 13.2 Å². The zero-order valence-corrected chi connectivity index (χ0v) is 18.5. The van der Waals surface area contributed by atoms with Crippen LogP contribution in [0, 0.1) is 12.8 Å². The number of thioether (sulfide) groups is 1. The van der Waals surface area contributed by atoms with Crippen molar-refractivity contribution >= 4 is 41.7 Å². The molecule has 0 aromatic heterocycles. The Bertz CT molecular complexity index is 537. The Morgan fingerprint density at radius 2 is 2.24 bits per heavy atom. The number of aliphatic imine (C=N–C) groups is 1. The predicted octanol–water partition coefficient (Wildman–Crippen LogP) is 3.06. The van der Waals surface area contributed by atoms with Crippen molar-refractivity contribution in [3.8, 4) is 5.75 Å². The van der Waals surface area contributed by atoms with Gasteiger partial charge in [0.25, 0.3) is 0 Å². The molecule has 1 aromatic carbocycles. The molecule has 1 fully saturated rings. The van der Waals surface area contributed by atoms with E-state index in [9.17, 15) is 0 Å². The second kappa shape index (κ2) is 12.6. The van der Waals surface area contributed by atoms with Crippen LogP contribution in [-0.4, -0.2) is 51.4 Å². The number of halogens is 1. The third-order valence-electron chi connectivity index (χ3n) is 3.99. The highest BCUT2D eigenvalue weighted by atomic mass is 127. The lowest BCUT2D eigenvalue weighted by molar-refractivity contribution is 0.166. The zero-order valence-electron chi connectivity index (χ0n) is 15.3. The van der Waals surface area contributed by atoms with Gasteiger partial charge in [-0.05, 0) is 31.2 Å². The van der Waals surface area contributed by atoms with Gasteiger partial charge in [-0.1, -0.05) is 12.1 Å². The molecule has 2 N–H and O–H groups in total. The van der Waals surface area contributed by atoms with Crippen molar-refractivity contribution in [3.05, 3.63) is 29.3 Å². The lowest BCUT2D eigenvalue weighted by atomic mass is 10.1. The van der Waals surface area contributed by atoms with Gasteiger partial charge in [-0.3, -0.25) is 4.99 Å². The van der Waals surface area contributed by atoms with Gasteiger partial charge in [0, 0.05) is 44.0 Å². The summed E-state index contributed by atoms with van der Waals surface area (Å²) < 4.78 is 11.5. The highest BCUT2D eigenvalue weighted by Gasteiger charge is 2.17. The first kappa shape index (κ1) is 22.4. The van der Waals surface area contributed by atoms with Crippen molar-refractivity contribution in [2.24, 2.45) is 10.9 Å². The maximum Gasteiger partial charge on any atom is 0.191 e. The Morgan fingerprint density at radius 3 is 2.92 bits per heavy atom. The average Bonchev–Trinajstić information content (AvgIpc) is 3.11. The van der Waals surface area contributed by atoms with E-state index >= 15 is 0 Å². The molecule has 2 rings (SSSR count). The molecule has 25 heavy (non-hydrogen) atoms. The molecule has 142 valence electrons. The van der Waals surface area contributed by atoms with Crippen LogP contribution in [0.15, 0.2) is 23.2 Å². The number of hydrogen-bond donors (Lipinski definition) is 2. The number of rotatable bonds is 8. The van der Waals surface area contributed by atoms with E-state index in [0.717, 1.165) is 55.8 Å². The smallest absolute Gasteiger partial charge is 0.191 e. The second-order valence-electron chi connectivity index (χ2n) is 6.00. The van der Waals surface area contributed by atoms with E-state index in [2.05, 4.69) is 47.0 Å². The minimum absolute atomic E-state index is 0. The van der Waals surface area contributed by atoms with Crippen molar-refractivity contribution < 1.29 is 9.47 Å². The first-order valence-corrected chi connectivity index (χ1v) is 9.86. The number of ether oxygens (including phenoxy) is 2. The number of aryl methyl sites for hydroxylation is 1. The Kier molecular flexibility index (Phi) is 11.3. The van der Waals surface area contributed by atoms with Gasteiger partial charge < -0.3 is 20.1 Å². The Morgan fingerprint density at radius 1 is 1.40 bits per heavy atom. The van der Waals surface area contributed by atoms with Crippen LogP contribution in [0.4, 0.5) is 0 Å². The largest absolute Gasteiger partial charge is 0.493 e. The SMILES string of the molecule is CN=C(NCCSC)NCc1ccc(C)cc1OCC1CCOC1.I. The molecule has 1 atom stereocenters. The van der Waals surface area contributed by atoms with Crippen molar-refractivity contribution in [1.82, 2.24) is 10.6 Å². The van der Waals surface area contributed by atoms with E-state index in [-0.39, 0.29) is 24.0 Å². The maximum atomic E-state index is 6.08. The number of nitrogens with zero attached hydrogens (tertiary/aromatic N) is 1. The Balaban J connectivity index is 0.00000312. The highest BCUT2D eigenvalue weighted by molar-refractivity contribution is 14.0. The third-order valence-corrected chi connectivity index (χ3v) is 4.60. The first-order valence-electron chi connectivity index (χ1n) is 8.46. The quantitative estimate of drug-likeness (QED) is 0.260. The Hall–Kier alpha value is -0.670. The summed E-state index contributed by atoms with van der Waals surface area (Å²) in [4.78, 5) is 4.26. The molecule has 1 aliphatic heterocycles. The van der Waals surface area contributed by atoms with E-state index < -0.39 is 0 Å². The molecule has 7 heteroatoms. The summed E-state index contributed by atoms with van der Waals surface area (Å²) in [7, 11) is 1.79. The molecule has 1 saturated heterocycles. The molecule has 5 nitrogen and oxygen atoms in total. The van der Waals surface area contributed by atoms with Crippen molar-refractivity contribution in [3.63, 3.8) is 0 Å². The minimum Gasteiger partial charge on any atom is -0.493 e. The fraction of sp³-hybridized carbons (Fsp3) is 0.611. The molecule has 0 aliphatic carbocycles. The summed E-state index contributed by atoms with van der Waals surface area (Å²) in [6, 6.07) is 6.35. The molecular formula is C18H30IN3O2S. The predicted molar refractivity (Wildman–Crippen MR) is 118 cm³/mol. The second-order valence-corrected chi connectivity index (χ2v) is 6.98. The molecule has 1 aliphatic rings. The summed E-state index contributed by atoms with van der Waals surface area (Å²) in [6.45, 7) is 6.07. The summed E-state index contributed by atoms with van der Waals surface area (Å²) in [5.74, 6) is 3.34. The van der Waals surface area contributed by atoms with Crippen molar-refractivity contribution in [1.29, 1.82) is 0 Å². The van der Waals surface area contributed by atoms with E-state index in [1.807, 2.05) is 11.8 Å². The van der Waals surface area contributed by atoms with Crippen molar-refractivity contribution in [2.45, 2.75) is 19.9 Å². The monoisotopic (exact) mass is 479 g/mol. The molecule has 1 aromatic rings. The first-order chi connectivity index (χ1) is 11.7. The van der Waals surface area contributed by atoms with Crippen LogP contribution in [0.1, 0.15) is 17.5 Å². The van der Waals surface area contributed by atoms with Crippen LogP contribution in [0.5, 0.6) is 5.75 Å². The van der Waals surface area contributed by atoms with Crippen LogP contribution in [0.2, 0.25) is 0 Å². The van der Waals surface area contributed by atoms with E-state index in [4.69, 9.17) is 9.47 Å². The van der Waals surface area contributed by atoms with Crippen LogP contribution in [-0.2, 0) is 11.3 Å². The molecule has 0 bridgehead atoms. The number of nitrogens with one attached hydrogen (secondary N) is 2. The lowest BCUT2D eigenvalue weighted by Crippen LogP contribution is -2.38. The van der Waals surface area contributed by atoms with E-state index in [1.54, 1.807) is 7.05 Å². The fourth-order valence-corrected chi connectivity index (χ4v) is 2.84. The summed E-state index contributed by atoms with van der Waals surface area (Å²) >= 11 is 1.82. The summed E-state index contributed by atoms with van der Waals surface area (Å²) in [6.07, 6.45) is 3.19. The molecule has 0 amide bonds. The fourth-order valence-electron chi connectivity index (χ4n) is 2.54. The van der Waals surface area contributed by atoms with Crippen LogP contribution in [0.25, 0.3) is 0 Å². The van der Waals surface area contributed by atoms with E-state index in [1.165, 1.54) is 5.56 Å². The standard InChI is InChI=1S/C18H29N3O2S.HI/c1-14-4-5-16(11-21-18(19-2)20-7-9-24-3)17(10-14)23-13-15-6-8-22-12-15;/h4-5,10,15H,6-9,11-13H2,1-3H3,(H2,19,20,21);1H. The van der Waals surface area contributed by atoms with Gasteiger partial charge in [0.1, 0.15) is 5.75 Å². The topological polar surface area (TPSA) is 54.9 Å². The van der Waals surface area contributed by atoms with Crippen LogP contribution in [0.3, 0.4) is 0 Å². The highest BCUT2D eigenvalue weighted by Crippen LogP contribution is 2.22. The number of hydrogen-bond acceptors (Lipinski definition) is 4. The van der Waals surface area contributed by atoms with Gasteiger partial charge in [0.2, 0.25) is 0 Å². The summed E-state index contributed by atoms with van der Waals surface area (Å²) in [5.41, 5.74) is 2.35. The van der Waals surface area contributed by atoms with Crippen LogP contribution >= 0.6 is 35.7 Å². The molecule has 0 radical (unpaired) electrons. The molecule has 0 saturated carbocycles. The lowest BCUT2D eigenvalue weighted by Gasteiger charge is -2.16. The maximum absolute atomic E-state index is 6.08. The number of benzene rings is 1. The van der Waals surface area contributed by atoms with Gasteiger partial charge in [0.15, 0.2) is 5.96 Å². The Labute approximate surface area is 172 Å². The van der Waals surface area contributed by atoms with Crippen LogP contribution < -0.4 is 15.4 Å². The average molecular weight is 479 g/mol. The molecule has 1 unspecified atom stereocenters. The van der Waals surface area contributed by atoms with E-state index in [0.29, 0.717) is 12.5 Å². The molecule has 1 heterocycles. The molecular weight excluding hydrogens is 449 g/mol. The van der Waals surface area contributed by atoms with Gasteiger partial charge in [-0.15, -0.1) is 24.0 Å². The molecule has 0 spiro atoms. The normalized spacial score (nSPS) is 17.1. The minimum atomic E-state index is 0. The zero-order chi connectivity index (χ0) is 17.2. The van der Waals surface area contributed by atoms with Crippen molar-refractivity contribution in [2.75, 3.05) is 45.4 Å². The third kappa shape index (κ3) is 8.04. The van der Waals surface area contributed by atoms with Gasteiger partial charge in [-0.25, -0.2) is 0 Å².